The molecule has 0 radical (unpaired) electrons. The number of rotatable bonds is 5. The second-order valence-corrected chi connectivity index (χ2v) is 8.49. The molecule has 0 saturated heterocycles. The Balaban J connectivity index is 1.42. The second kappa shape index (κ2) is 9.38. The average molecular weight is 503 g/mol. The standard InChI is InChI=1S/C27H21F3N6O/c1-16-12-22-25(33-14-16)36(24(35-22)21-6-3-11-32-23(21)31)20-9-7-17(8-10-20)15-34-26(37)18-4-2-5-19(13-18)27(28,29)30/h2-14H,15H2,1H3,(H2,31,32)(H,34,37). The van der Waals surface area contributed by atoms with E-state index < -0.39 is 17.6 Å². The normalized spacial score (nSPS) is 11.6. The van der Waals surface area contributed by atoms with Crippen LogP contribution >= 0.6 is 0 Å². The number of carbonyl (C=O) groups is 1. The van der Waals surface area contributed by atoms with Crippen LogP contribution in [0.2, 0.25) is 0 Å². The maximum absolute atomic E-state index is 13.0. The first-order chi connectivity index (χ1) is 17.7. The van der Waals surface area contributed by atoms with Crippen LogP contribution < -0.4 is 11.1 Å². The van der Waals surface area contributed by atoms with E-state index >= 15 is 0 Å². The summed E-state index contributed by atoms with van der Waals surface area (Å²) in [7, 11) is 0. The number of aryl methyl sites for hydroxylation is 1. The van der Waals surface area contributed by atoms with Gasteiger partial charge in [0.05, 0.1) is 11.1 Å². The molecule has 0 spiro atoms. The van der Waals surface area contributed by atoms with Crippen molar-refractivity contribution in [3.05, 3.63) is 101 Å². The summed E-state index contributed by atoms with van der Waals surface area (Å²) >= 11 is 0. The lowest BCUT2D eigenvalue weighted by Crippen LogP contribution is -2.23. The van der Waals surface area contributed by atoms with Gasteiger partial charge in [-0.05, 0) is 66.6 Å². The number of halogens is 3. The molecule has 3 heterocycles. The molecule has 37 heavy (non-hydrogen) atoms. The number of nitrogens with two attached hydrogens (primary N) is 1. The number of carbonyl (C=O) groups excluding carboxylic acids is 1. The van der Waals surface area contributed by atoms with E-state index in [1.165, 1.54) is 12.1 Å². The molecule has 0 saturated carbocycles. The SMILES string of the molecule is Cc1cnc2c(c1)nc(-c1cccnc1N)n2-c1ccc(CNC(=O)c2cccc(C(F)(F)F)c2)cc1. The first-order valence-corrected chi connectivity index (χ1v) is 11.3. The van der Waals surface area contributed by atoms with E-state index in [-0.39, 0.29) is 12.1 Å². The van der Waals surface area contributed by atoms with Gasteiger partial charge in [0.1, 0.15) is 11.3 Å². The Morgan fingerprint density at radius 3 is 2.54 bits per heavy atom. The van der Waals surface area contributed by atoms with E-state index in [0.717, 1.165) is 28.9 Å². The monoisotopic (exact) mass is 502 g/mol. The van der Waals surface area contributed by atoms with Crippen molar-refractivity contribution < 1.29 is 18.0 Å². The van der Waals surface area contributed by atoms with E-state index in [4.69, 9.17) is 10.7 Å². The minimum absolute atomic E-state index is 0.0589. The lowest BCUT2D eigenvalue weighted by Gasteiger charge is -2.12. The molecule has 2 aromatic carbocycles. The molecule has 1 amide bonds. The Morgan fingerprint density at radius 2 is 1.81 bits per heavy atom. The van der Waals surface area contributed by atoms with Gasteiger partial charge in [0.15, 0.2) is 11.5 Å². The summed E-state index contributed by atoms with van der Waals surface area (Å²) in [5.41, 5.74) is 9.72. The van der Waals surface area contributed by atoms with E-state index in [1.54, 1.807) is 18.5 Å². The number of hydrogen-bond acceptors (Lipinski definition) is 5. The predicted molar refractivity (Wildman–Crippen MR) is 134 cm³/mol. The fourth-order valence-electron chi connectivity index (χ4n) is 3.98. The third-order valence-corrected chi connectivity index (χ3v) is 5.81. The summed E-state index contributed by atoms with van der Waals surface area (Å²) < 4.78 is 40.8. The van der Waals surface area contributed by atoms with Crippen molar-refractivity contribution in [3.63, 3.8) is 0 Å². The molecule has 0 aliphatic carbocycles. The summed E-state index contributed by atoms with van der Waals surface area (Å²) in [4.78, 5) is 26.0. The zero-order valence-electron chi connectivity index (χ0n) is 19.6. The van der Waals surface area contributed by atoms with Crippen molar-refractivity contribution in [2.75, 3.05) is 5.73 Å². The molecule has 3 N–H and O–H groups in total. The number of nitrogens with one attached hydrogen (secondary N) is 1. The molecule has 7 nitrogen and oxygen atoms in total. The molecule has 0 fully saturated rings. The minimum atomic E-state index is -4.52. The number of nitrogen functional groups attached to an aromatic ring is 1. The molecule has 186 valence electrons. The first-order valence-electron chi connectivity index (χ1n) is 11.3. The van der Waals surface area contributed by atoms with Gasteiger partial charge in [0.2, 0.25) is 0 Å². The summed E-state index contributed by atoms with van der Waals surface area (Å²) in [5, 5.41) is 2.67. The van der Waals surface area contributed by atoms with Crippen LogP contribution in [0, 0.1) is 6.92 Å². The largest absolute Gasteiger partial charge is 0.416 e. The third-order valence-electron chi connectivity index (χ3n) is 5.81. The number of alkyl halides is 3. The van der Waals surface area contributed by atoms with Gasteiger partial charge in [-0.1, -0.05) is 18.2 Å². The Labute approximate surface area is 209 Å². The van der Waals surface area contributed by atoms with Crippen molar-refractivity contribution in [1.29, 1.82) is 0 Å². The summed E-state index contributed by atoms with van der Waals surface area (Å²) in [5.74, 6) is 0.332. The topological polar surface area (TPSA) is 98.7 Å². The molecule has 0 aliphatic heterocycles. The predicted octanol–water partition coefficient (Wildman–Crippen LogP) is 5.32. The number of benzene rings is 2. The van der Waals surface area contributed by atoms with Gasteiger partial charge >= 0.3 is 6.18 Å². The zero-order chi connectivity index (χ0) is 26.2. The van der Waals surface area contributed by atoms with Gasteiger partial charge in [0.25, 0.3) is 5.91 Å². The quantitative estimate of drug-likeness (QED) is 0.339. The van der Waals surface area contributed by atoms with Crippen LogP contribution in [0.15, 0.2) is 79.1 Å². The highest BCUT2D eigenvalue weighted by atomic mass is 19.4. The molecule has 5 aromatic rings. The molecule has 0 aliphatic rings. The lowest BCUT2D eigenvalue weighted by atomic mass is 10.1. The molecular weight excluding hydrogens is 481 g/mol. The number of pyridine rings is 2. The number of imidazole rings is 1. The molecular formula is C27H21F3N6O. The van der Waals surface area contributed by atoms with Crippen molar-refractivity contribution in [1.82, 2.24) is 24.8 Å². The highest BCUT2D eigenvalue weighted by Crippen LogP contribution is 2.31. The lowest BCUT2D eigenvalue weighted by molar-refractivity contribution is -0.137. The maximum atomic E-state index is 13.0. The Hall–Kier alpha value is -4.73. The Bertz CT molecular complexity index is 1610. The molecule has 0 atom stereocenters. The number of fused-ring (bicyclic) bond motifs is 1. The maximum Gasteiger partial charge on any atom is 0.416 e. The van der Waals surface area contributed by atoms with Crippen LogP contribution in [0.3, 0.4) is 0 Å². The average Bonchev–Trinajstić information content (AvgIpc) is 3.25. The van der Waals surface area contributed by atoms with Crippen LogP contribution in [0.25, 0.3) is 28.2 Å². The highest BCUT2D eigenvalue weighted by Gasteiger charge is 2.30. The van der Waals surface area contributed by atoms with Crippen LogP contribution in [0.4, 0.5) is 19.0 Å². The van der Waals surface area contributed by atoms with Crippen LogP contribution in [0.5, 0.6) is 0 Å². The van der Waals surface area contributed by atoms with Gasteiger partial charge in [0, 0.05) is 30.2 Å². The smallest absolute Gasteiger partial charge is 0.383 e. The van der Waals surface area contributed by atoms with Gasteiger partial charge in [-0.15, -0.1) is 0 Å². The first kappa shape index (κ1) is 24.0. The zero-order valence-corrected chi connectivity index (χ0v) is 19.6. The van der Waals surface area contributed by atoms with Crippen LogP contribution in [-0.4, -0.2) is 25.4 Å². The fraction of sp³-hybridized carbons (Fsp3) is 0.111. The highest BCUT2D eigenvalue weighted by molar-refractivity contribution is 5.94. The van der Waals surface area contributed by atoms with Gasteiger partial charge in [-0.25, -0.2) is 15.0 Å². The minimum Gasteiger partial charge on any atom is -0.383 e. The van der Waals surface area contributed by atoms with Crippen molar-refractivity contribution in [3.8, 4) is 17.1 Å². The van der Waals surface area contributed by atoms with Gasteiger partial charge in [-0.3, -0.25) is 9.36 Å². The van der Waals surface area contributed by atoms with Crippen LogP contribution in [0.1, 0.15) is 27.0 Å². The molecule has 0 bridgehead atoms. The van der Waals surface area contributed by atoms with Crippen molar-refractivity contribution in [2.45, 2.75) is 19.6 Å². The van der Waals surface area contributed by atoms with Crippen molar-refractivity contribution in [2.24, 2.45) is 0 Å². The molecule has 5 rings (SSSR count). The summed E-state index contributed by atoms with van der Waals surface area (Å²) in [6.07, 6.45) is -1.15. The Kier molecular flexibility index (Phi) is 6.08. The summed E-state index contributed by atoms with van der Waals surface area (Å²) in [6.45, 7) is 2.08. The van der Waals surface area contributed by atoms with E-state index in [9.17, 15) is 18.0 Å². The van der Waals surface area contributed by atoms with E-state index in [2.05, 4.69) is 15.3 Å². The third kappa shape index (κ3) is 4.86. The Morgan fingerprint density at radius 1 is 1.03 bits per heavy atom. The second-order valence-electron chi connectivity index (χ2n) is 8.49. The molecule has 3 aromatic heterocycles. The number of anilines is 1. The number of nitrogens with zero attached hydrogens (tertiary/aromatic N) is 4. The number of hydrogen-bond donors (Lipinski definition) is 2. The fourth-order valence-corrected chi connectivity index (χ4v) is 3.98. The molecule has 0 unspecified atom stereocenters. The van der Waals surface area contributed by atoms with E-state index in [0.29, 0.717) is 28.4 Å². The number of aromatic nitrogens is 4. The van der Waals surface area contributed by atoms with Gasteiger partial charge in [-0.2, -0.15) is 13.2 Å². The van der Waals surface area contributed by atoms with Crippen LogP contribution in [-0.2, 0) is 12.7 Å². The van der Waals surface area contributed by atoms with E-state index in [1.807, 2.05) is 47.9 Å². The molecule has 10 heteroatoms. The van der Waals surface area contributed by atoms with Crippen molar-refractivity contribution >= 4 is 22.9 Å². The number of amides is 1. The summed E-state index contributed by atoms with van der Waals surface area (Å²) in [6, 6.07) is 17.2. The van der Waals surface area contributed by atoms with Gasteiger partial charge < -0.3 is 11.1 Å².